The summed E-state index contributed by atoms with van der Waals surface area (Å²) in [5.41, 5.74) is 2.05. The number of aliphatic hydroxyl groups excluding tert-OH is 4. The molecule has 1 fully saturated rings. The summed E-state index contributed by atoms with van der Waals surface area (Å²) in [5.74, 6) is 0. The van der Waals surface area contributed by atoms with E-state index < -0.39 is 37.1 Å². The minimum atomic E-state index is -1.44. The predicted molar refractivity (Wildman–Crippen MR) is 110 cm³/mol. The lowest BCUT2D eigenvalue weighted by molar-refractivity contribution is -0.231. The van der Waals surface area contributed by atoms with Gasteiger partial charge in [0.15, 0.2) is 5.01 Å². The largest absolute Gasteiger partial charge is 0.394 e. The molecule has 30 heavy (non-hydrogen) atoms. The molecule has 0 aliphatic carbocycles. The molecule has 1 aromatic carbocycles. The molecule has 2 aromatic heterocycles. The van der Waals surface area contributed by atoms with Crippen LogP contribution >= 0.6 is 22.9 Å². The number of aromatic nitrogens is 3. The van der Waals surface area contributed by atoms with Gasteiger partial charge in [0.05, 0.1) is 6.61 Å². The van der Waals surface area contributed by atoms with Gasteiger partial charge in [0, 0.05) is 17.6 Å². The number of halogens is 1. The van der Waals surface area contributed by atoms with Crippen LogP contribution in [0.15, 0.2) is 42.6 Å². The van der Waals surface area contributed by atoms with Crippen molar-refractivity contribution in [1.29, 1.82) is 0 Å². The fourth-order valence-corrected chi connectivity index (χ4v) is 4.39. The maximum absolute atomic E-state index is 10.4. The number of pyridine rings is 1. The van der Waals surface area contributed by atoms with Crippen LogP contribution in [0.4, 0.5) is 0 Å². The molecular weight excluding hydrogens is 430 g/mol. The Morgan fingerprint density at radius 1 is 1.03 bits per heavy atom. The second kappa shape index (κ2) is 9.03. The van der Waals surface area contributed by atoms with Crippen molar-refractivity contribution < 1.29 is 25.2 Å². The van der Waals surface area contributed by atoms with E-state index >= 15 is 0 Å². The zero-order valence-corrected chi connectivity index (χ0v) is 17.2. The molecule has 4 N–H and O–H groups in total. The summed E-state index contributed by atoms with van der Waals surface area (Å²) in [6, 6.07) is 10.7. The van der Waals surface area contributed by atoms with Gasteiger partial charge in [-0.05, 0) is 29.3 Å². The minimum Gasteiger partial charge on any atom is -0.394 e. The van der Waals surface area contributed by atoms with Crippen molar-refractivity contribution in [3.8, 4) is 10.7 Å². The number of benzene rings is 1. The third-order valence-corrected chi connectivity index (χ3v) is 6.30. The van der Waals surface area contributed by atoms with E-state index in [9.17, 15) is 20.4 Å². The summed E-state index contributed by atoms with van der Waals surface area (Å²) in [4.78, 5) is 4.27. The highest BCUT2D eigenvalue weighted by Crippen LogP contribution is 2.34. The van der Waals surface area contributed by atoms with Crippen LogP contribution in [-0.2, 0) is 11.2 Å². The zero-order valence-electron chi connectivity index (χ0n) is 15.7. The van der Waals surface area contributed by atoms with Crippen LogP contribution in [0.5, 0.6) is 0 Å². The van der Waals surface area contributed by atoms with Crippen molar-refractivity contribution in [2.75, 3.05) is 6.61 Å². The van der Waals surface area contributed by atoms with Gasteiger partial charge in [-0.15, -0.1) is 10.2 Å². The molecule has 5 atom stereocenters. The smallest absolute Gasteiger partial charge is 0.166 e. The lowest BCUT2D eigenvalue weighted by Crippen LogP contribution is -2.55. The average Bonchev–Trinajstić information content (AvgIpc) is 3.23. The molecule has 10 heteroatoms. The lowest BCUT2D eigenvalue weighted by atomic mass is 9.90. The first-order valence-corrected chi connectivity index (χ1v) is 10.5. The molecule has 158 valence electrons. The summed E-state index contributed by atoms with van der Waals surface area (Å²) >= 11 is 7.77. The van der Waals surface area contributed by atoms with Crippen LogP contribution in [-0.4, -0.2) is 66.6 Å². The quantitative estimate of drug-likeness (QED) is 0.459. The number of hydrogen-bond donors (Lipinski definition) is 4. The molecule has 4 rings (SSSR count). The highest BCUT2D eigenvalue weighted by molar-refractivity contribution is 7.14. The van der Waals surface area contributed by atoms with E-state index in [2.05, 4.69) is 15.2 Å². The molecule has 3 heterocycles. The maximum atomic E-state index is 10.4. The van der Waals surface area contributed by atoms with Gasteiger partial charge in [-0.3, -0.25) is 4.98 Å². The fraction of sp³-hybridized carbons (Fsp3) is 0.350. The van der Waals surface area contributed by atoms with Gasteiger partial charge < -0.3 is 25.2 Å². The summed E-state index contributed by atoms with van der Waals surface area (Å²) < 4.78 is 5.64. The van der Waals surface area contributed by atoms with Crippen molar-refractivity contribution in [2.24, 2.45) is 0 Å². The van der Waals surface area contributed by atoms with E-state index in [-0.39, 0.29) is 0 Å². The second-order valence-corrected chi connectivity index (χ2v) is 8.46. The van der Waals surface area contributed by atoms with E-state index in [4.69, 9.17) is 16.3 Å². The Labute approximate surface area is 181 Å². The third kappa shape index (κ3) is 4.23. The van der Waals surface area contributed by atoms with Gasteiger partial charge in [0.2, 0.25) is 0 Å². The van der Waals surface area contributed by atoms with Crippen LogP contribution in [0.25, 0.3) is 10.7 Å². The Kier molecular flexibility index (Phi) is 6.40. The summed E-state index contributed by atoms with van der Waals surface area (Å²) in [6.07, 6.45) is -3.99. The molecular formula is C20H20ClN3O5S. The first kappa shape index (κ1) is 21.3. The van der Waals surface area contributed by atoms with Crippen LogP contribution in [0.2, 0.25) is 5.02 Å². The molecule has 1 aliphatic rings. The first-order chi connectivity index (χ1) is 14.5. The van der Waals surface area contributed by atoms with Crippen LogP contribution < -0.4 is 0 Å². The Morgan fingerprint density at radius 3 is 2.60 bits per heavy atom. The molecule has 0 amide bonds. The van der Waals surface area contributed by atoms with Crippen LogP contribution in [0.1, 0.15) is 22.2 Å². The standard InChI is InChI=1S/C20H20ClN3O5S/c21-12-5-4-10(19-18(28)17(27)16(26)14(9-25)29-19)7-11(12)8-15-23-24-20(30-15)13-3-1-2-6-22-13/h1-7,14,16-19,25-28H,8-9H2. The molecule has 1 saturated heterocycles. The first-order valence-electron chi connectivity index (χ1n) is 9.30. The molecule has 0 spiro atoms. The molecule has 8 nitrogen and oxygen atoms in total. The lowest BCUT2D eigenvalue weighted by Gasteiger charge is -2.40. The van der Waals surface area contributed by atoms with E-state index in [0.29, 0.717) is 22.0 Å². The predicted octanol–water partition coefficient (Wildman–Crippen LogP) is 1.36. The number of hydrogen-bond acceptors (Lipinski definition) is 9. The molecule has 3 aromatic rings. The van der Waals surface area contributed by atoms with Gasteiger partial charge in [-0.2, -0.15) is 0 Å². The number of rotatable bonds is 5. The van der Waals surface area contributed by atoms with Crippen molar-refractivity contribution in [3.63, 3.8) is 0 Å². The Bertz CT molecular complexity index is 1000. The van der Waals surface area contributed by atoms with Crippen molar-refractivity contribution >= 4 is 22.9 Å². The maximum Gasteiger partial charge on any atom is 0.166 e. The van der Waals surface area contributed by atoms with Gasteiger partial charge in [0.25, 0.3) is 0 Å². The monoisotopic (exact) mass is 449 g/mol. The van der Waals surface area contributed by atoms with Gasteiger partial charge in [-0.25, -0.2) is 0 Å². The second-order valence-electron chi connectivity index (χ2n) is 6.99. The van der Waals surface area contributed by atoms with Gasteiger partial charge in [-0.1, -0.05) is 41.1 Å². The SMILES string of the molecule is OCC1OC(c2ccc(Cl)c(Cc3nnc(-c4ccccn4)s3)c2)C(O)C(O)C1O. The molecule has 0 saturated carbocycles. The normalized spacial score (nSPS) is 26.6. The van der Waals surface area contributed by atoms with Gasteiger partial charge in [0.1, 0.15) is 41.2 Å². The number of ether oxygens (including phenoxy) is 1. The summed E-state index contributed by atoms with van der Waals surface area (Å²) in [7, 11) is 0. The van der Waals surface area contributed by atoms with E-state index in [1.807, 2.05) is 18.2 Å². The summed E-state index contributed by atoms with van der Waals surface area (Å²) in [5, 5.41) is 50.2. The number of aliphatic hydroxyl groups is 4. The third-order valence-electron chi connectivity index (χ3n) is 4.98. The Balaban J connectivity index is 1.57. The summed E-state index contributed by atoms with van der Waals surface area (Å²) in [6.45, 7) is -0.483. The Hall–Kier alpha value is -1.98. The topological polar surface area (TPSA) is 129 Å². The molecule has 0 radical (unpaired) electrons. The van der Waals surface area contributed by atoms with Gasteiger partial charge >= 0.3 is 0 Å². The average molecular weight is 450 g/mol. The van der Waals surface area contributed by atoms with Crippen molar-refractivity contribution in [3.05, 3.63) is 63.8 Å². The van der Waals surface area contributed by atoms with Crippen molar-refractivity contribution in [2.45, 2.75) is 36.9 Å². The van der Waals surface area contributed by atoms with E-state index in [1.165, 1.54) is 11.3 Å². The van der Waals surface area contributed by atoms with Crippen LogP contribution in [0.3, 0.4) is 0 Å². The van der Waals surface area contributed by atoms with E-state index in [1.54, 1.807) is 24.4 Å². The zero-order chi connectivity index (χ0) is 21.3. The Morgan fingerprint density at radius 2 is 1.87 bits per heavy atom. The molecule has 0 bridgehead atoms. The highest BCUT2D eigenvalue weighted by Gasteiger charge is 2.44. The molecule has 1 aliphatic heterocycles. The van der Waals surface area contributed by atoms with E-state index in [0.717, 1.165) is 16.3 Å². The minimum absolute atomic E-state index is 0.411. The highest BCUT2D eigenvalue weighted by atomic mass is 35.5. The van der Waals surface area contributed by atoms with Crippen LogP contribution in [0, 0.1) is 0 Å². The number of nitrogens with zero attached hydrogens (tertiary/aromatic N) is 3. The van der Waals surface area contributed by atoms with Crippen molar-refractivity contribution in [1.82, 2.24) is 15.2 Å². The molecule has 5 unspecified atom stereocenters. The fourth-order valence-electron chi connectivity index (χ4n) is 3.36.